The molecule has 0 saturated carbocycles. The van der Waals surface area contributed by atoms with Gasteiger partial charge in [-0.15, -0.1) is 0 Å². The van der Waals surface area contributed by atoms with E-state index in [2.05, 4.69) is 15.1 Å². The fourth-order valence-corrected chi connectivity index (χ4v) is 5.03. The molecule has 0 radical (unpaired) electrons. The smallest absolute Gasteiger partial charge is 0.242 e. The Morgan fingerprint density at radius 2 is 1.80 bits per heavy atom. The van der Waals surface area contributed by atoms with E-state index in [1.165, 1.54) is 4.31 Å². The maximum absolute atomic E-state index is 12.9. The van der Waals surface area contributed by atoms with Gasteiger partial charge in [0.15, 0.2) is 11.5 Å². The largest absolute Gasteiger partial charge is 0.493 e. The Balaban J connectivity index is 1.92. The van der Waals surface area contributed by atoms with Crippen LogP contribution in [0.15, 0.2) is 41.4 Å². The molecule has 0 unspecified atom stereocenters. The maximum Gasteiger partial charge on any atom is 0.242 e. The van der Waals surface area contributed by atoms with Crippen molar-refractivity contribution in [1.29, 1.82) is 0 Å². The number of benzene rings is 2. The van der Waals surface area contributed by atoms with Crippen molar-refractivity contribution in [1.82, 2.24) is 14.5 Å². The molecule has 0 fully saturated rings. The second-order valence-corrected chi connectivity index (χ2v) is 9.37. The zero-order chi connectivity index (χ0) is 21.5. The molecule has 8 nitrogen and oxygen atoms in total. The molecule has 158 valence electrons. The predicted octanol–water partition coefficient (Wildman–Crippen LogP) is 2.98. The summed E-state index contributed by atoms with van der Waals surface area (Å²) >= 11 is 0. The average Bonchev–Trinajstić information content (AvgIpc) is 2.76. The van der Waals surface area contributed by atoms with Gasteiger partial charge in [0.25, 0.3) is 0 Å². The Kier molecular flexibility index (Phi) is 5.25. The first-order valence-electron chi connectivity index (χ1n) is 9.58. The molecule has 9 heteroatoms. The van der Waals surface area contributed by atoms with Gasteiger partial charge in [-0.2, -0.15) is 10.2 Å². The Morgan fingerprint density at radius 1 is 1.07 bits per heavy atom. The fraction of sp³-hybridized carbons (Fsp3) is 0.333. The average molecular weight is 429 g/mol. The lowest BCUT2D eigenvalue weighted by atomic mass is 10.0. The van der Waals surface area contributed by atoms with Crippen molar-refractivity contribution in [3.63, 3.8) is 0 Å². The lowest BCUT2D eigenvalue weighted by molar-refractivity contribution is 0.355. The van der Waals surface area contributed by atoms with Crippen molar-refractivity contribution in [2.24, 2.45) is 0 Å². The van der Waals surface area contributed by atoms with Crippen molar-refractivity contribution in [3.8, 4) is 11.5 Å². The van der Waals surface area contributed by atoms with Gasteiger partial charge in [0.2, 0.25) is 10.0 Å². The molecule has 1 aliphatic rings. The molecule has 0 atom stereocenters. The summed E-state index contributed by atoms with van der Waals surface area (Å²) in [6.07, 6.45) is 3.23. The van der Waals surface area contributed by atoms with Crippen LogP contribution in [0.25, 0.3) is 10.9 Å². The summed E-state index contributed by atoms with van der Waals surface area (Å²) in [4.78, 5) is 2.46. The molecular formula is C21H24N4O4S. The van der Waals surface area contributed by atoms with Crippen molar-refractivity contribution >= 4 is 32.3 Å². The van der Waals surface area contributed by atoms with Crippen molar-refractivity contribution in [3.05, 3.63) is 42.1 Å². The van der Waals surface area contributed by atoms with Crippen LogP contribution in [0.3, 0.4) is 0 Å². The number of rotatable bonds is 5. The molecule has 3 aromatic rings. The van der Waals surface area contributed by atoms with E-state index < -0.39 is 10.0 Å². The molecule has 0 spiro atoms. The Morgan fingerprint density at radius 3 is 2.50 bits per heavy atom. The van der Waals surface area contributed by atoms with Gasteiger partial charge in [-0.1, -0.05) is 6.07 Å². The minimum absolute atomic E-state index is 0.347. The third-order valence-electron chi connectivity index (χ3n) is 5.38. The summed E-state index contributed by atoms with van der Waals surface area (Å²) in [5.41, 5.74) is 3.21. The number of hydrogen-bond donors (Lipinski definition) is 0. The first-order valence-corrected chi connectivity index (χ1v) is 11.0. The van der Waals surface area contributed by atoms with Crippen LogP contribution >= 0.6 is 0 Å². The Labute approximate surface area is 176 Å². The third-order valence-corrected chi connectivity index (χ3v) is 7.28. The first-order chi connectivity index (χ1) is 14.4. The van der Waals surface area contributed by atoms with Crippen molar-refractivity contribution in [2.45, 2.75) is 17.7 Å². The second-order valence-electron chi connectivity index (χ2n) is 7.25. The summed E-state index contributed by atoms with van der Waals surface area (Å²) in [5, 5.41) is 9.28. The van der Waals surface area contributed by atoms with Crippen LogP contribution in [0.1, 0.15) is 12.0 Å². The van der Waals surface area contributed by atoms with Crippen LogP contribution in [0.5, 0.6) is 11.5 Å². The maximum atomic E-state index is 12.9. The van der Waals surface area contributed by atoms with Gasteiger partial charge in [-0.05, 0) is 36.6 Å². The van der Waals surface area contributed by atoms with Crippen LogP contribution in [-0.4, -0.2) is 57.8 Å². The zero-order valence-electron chi connectivity index (χ0n) is 17.4. The number of nitrogens with zero attached hydrogens (tertiary/aromatic N) is 4. The minimum atomic E-state index is -3.54. The van der Waals surface area contributed by atoms with Crippen LogP contribution in [-0.2, 0) is 16.4 Å². The van der Waals surface area contributed by atoms with Crippen LogP contribution in [0.4, 0.5) is 11.4 Å². The van der Waals surface area contributed by atoms with Crippen molar-refractivity contribution in [2.75, 3.05) is 39.8 Å². The summed E-state index contributed by atoms with van der Waals surface area (Å²) in [7, 11) is 2.73. The molecule has 0 amide bonds. The number of methoxy groups -OCH3 is 2. The minimum Gasteiger partial charge on any atom is -0.493 e. The quantitative estimate of drug-likeness (QED) is 0.618. The third kappa shape index (κ3) is 3.23. The molecule has 30 heavy (non-hydrogen) atoms. The van der Waals surface area contributed by atoms with Crippen molar-refractivity contribution < 1.29 is 17.9 Å². The van der Waals surface area contributed by atoms with Gasteiger partial charge >= 0.3 is 0 Å². The summed E-state index contributed by atoms with van der Waals surface area (Å²) in [6, 6.07) is 9.09. The van der Waals surface area contributed by atoms with E-state index in [-0.39, 0.29) is 0 Å². The molecule has 1 aliphatic heterocycles. The second kappa shape index (κ2) is 7.73. The van der Waals surface area contributed by atoms with Crippen LogP contribution in [0.2, 0.25) is 0 Å². The Hall–Kier alpha value is -2.91. The SMILES string of the molecule is COc1cc2nncc(N3CCCc4c3cccc4S(=O)(=O)N(C)C)c2cc1OC. The highest BCUT2D eigenvalue weighted by Crippen LogP contribution is 2.41. The lowest BCUT2D eigenvalue weighted by Gasteiger charge is -2.33. The molecule has 1 aromatic heterocycles. The summed E-state index contributed by atoms with van der Waals surface area (Å²) in [5.74, 6) is 1.18. The molecule has 2 aromatic carbocycles. The van der Waals surface area contributed by atoms with E-state index >= 15 is 0 Å². The molecule has 4 rings (SSSR count). The highest BCUT2D eigenvalue weighted by atomic mass is 32.2. The van der Waals surface area contributed by atoms with Gasteiger partial charge in [0.1, 0.15) is 0 Å². The molecule has 0 aliphatic carbocycles. The highest BCUT2D eigenvalue weighted by Gasteiger charge is 2.28. The zero-order valence-corrected chi connectivity index (χ0v) is 18.2. The van der Waals surface area contributed by atoms with Gasteiger partial charge in [0.05, 0.1) is 36.5 Å². The number of hydrogen-bond acceptors (Lipinski definition) is 7. The van der Waals surface area contributed by atoms with E-state index in [4.69, 9.17) is 9.47 Å². The number of sulfonamides is 1. The number of anilines is 2. The number of aromatic nitrogens is 2. The molecule has 0 saturated heterocycles. The van der Waals surface area contributed by atoms with Gasteiger partial charge in [-0.3, -0.25) is 0 Å². The number of fused-ring (bicyclic) bond motifs is 2. The molecular weight excluding hydrogens is 404 g/mol. The lowest BCUT2D eigenvalue weighted by Crippen LogP contribution is -2.29. The van der Waals surface area contributed by atoms with Crippen LogP contribution in [0, 0.1) is 0 Å². The van der Waals surface area contributed by atoms with E-state index in [9.17, 15) is 8.42 Å². The molecule has 0 bridgehead atoms. The molecule has 0 N–H and O–H groups in total. The van der Waals surface area contributed by atoms with E-state index in [0.29, 0.717) is 28.3 Å². The van der Waals surface area contributed by atoms with Gasteiger partial charge in [-0.25, -0.2) is 12.7 Å². The van der Waals surface area contributed by atoms with Gasteiger partial charge in [0, 0.05) is 37.8 Å². The standard InChI is InChI=1S/C21H24N4O4S/c1-24(2)30(26,27)21-9-5-8-17-14(21)7-6-10-25(17)18-13-22-23-16-12-20(29-4)19(28-3)11-15(16)18/h5,8-9,11-13H,6-7,10H2,1-4H3. The molecule has 2 heterocycles. The van der Waals surface area contributed by atoms with E-state index in [0.717, 1.165) is 35.3 Å². The topological polar surface area (TPSA) is 84.9 Å². The normalized spacial score (nSPS) is 14.1. The van der Waals surface area contributed by atoms with Gasteiger partial charge < -0.3 is 14.4 Å². The Bertz CT molecular complexity index is 1210. The first kappa shape index (κ1) is 20.4. The monoisotopic (exact) mass is 428 g/mol. The number of ether oxygens (including phenoxy) is 2. The van der Waals surface area contributed by atoms with E-state index in [1.807, 2.05) is 12.1 Å². The van der Waals surface area contributed by atoms with E-state index in [1.54, 1.807) is 52.7 Å². The van der Waals surface area contributed by atoms with Crippen LogP contribution < -0.4 is 14.4 Å². The summed E-state index contributed by atoms with van der Waals surface area (Å²) in [6.45, 7) is 0.744. The fourth-order valence-electron chi connectivity index (χ4n) is 3.87. The highest BCUT2D eigenvalue weighted by molar-refractivity contribution is 7.89. The summed E-state index contributed by atoms with van der Waals surface area (Å²) < 4.78 is 37.8. The predicted molar refractivity (Wildman–Crippen MR) is 115 cm³/mol.